The molecule has 0 unspecified atom stereocenters. The zero-order chi connectivity index (χ0) is 27.7. The van der Waals surface area contributed by atoms with E-state index in [2.05, 4.69) is 0 Å². The van der Waals surface area contributed by atoms with Crippen molar-refractivity contribution in [3.05, 3.63) is 82.4 Å². The Morgan fingerprint density at radius 1 is 0.868 bits per heavy atom. The zero-order valence-electron chi connectivity index (χ0n) is 21.3. The minimum Gasteiger partial charge on any atom is -0.493 e. The number of hydrogen-bond donors (Lipinski definition) is 2. The number of ether oxygens (including phenoxy) is 2. The highest BCUT2D eigenvalue weighted by Crippen LogP contribution is 2.30. The first kappa shape index (κ1) is 28.5. The fourth-order valence-electron chi connectivity index (χ4n) is 3.86. The molecule has 0 saturated carbocycles. The number of carboxylic acids is 2. The first-order valence-electron chi connectivity index (χ1n) is 12.1. The van der Waals surface area contributed by atoms with Crippen LogP contribution in [0.15, 0.2) is 60.7 Å². The van der Waals surface area contributed by atoms with Crippen LogP contribution in [0.1, 0.15) is 40.7 Å². The molecule has 200 valence electrons. The summed E-state index contributed by atoms with van der Waals surface area (Å²) in [6.07, 6.45) is 0.419. The van der Waals surface area contributed by atoms with E-state index in [1.807, 2.05) is 24.3 Å². The zero-order valence-corrected chi connectivity index (χ0v) is 22.0. The van der Waals surface area contributed by atoms with Crippen molar-refractivity contribution in [3.8, 4) is 22.6 Å². The van der Waals surface area contributed by atoms with Crippen LogP contribution in [0, 0.1) is 0 Å². The fourth-order valence-corrected chi connectivity index (χ4v) is 4.05. The molecule has 0 spiro atoms. The van der Waals surface area contributed by atoms with Gasteiger partial charge in [0.15, 0.2) is 0 Å². The summed E-state index contributed by atoms with van der Waals surface area (Å²) in [4.78, 5) is 36.3. The van der Waals surface area contributed by atoms with Gasteiger partial charge in [-0.1, -0.05) is 35.9 Å². The molecule has 0 fully saturated rings. The second-order valence-corrected chi connectivity index (χ2v) is 9.31. The number of amides is 1. The highest BCUT2D eigenvalue weighted by Gasteiger charge is 2.15. The molecule has 2 N–H and O–H groups in total. The van der Waals surface area contributed by atoms with Crippen molar-refractivity contribution in [2.45, 2.75) is 32.3 Å². The SMILES string of the molecule is CN(C)C(=O)c1cc(OCc2cccc(OCCCC(=O)O)c2CCC(=O)O)cc(-c2cccc(Cl)c2)c1. The Labute approximate surface area is 226 Å². The summed E-state index contributed by atoms with van der Waals surface area (Å²) in [5.74, 6) is -1.08. The molecule has 9 heteroatoms. The van der Waals surface area contributed by atoms with E-state index in [9.17, 15) is 19.5 Å². The molecular weight excluding hydrogens is 510 g/mol. The van der Waals surface area contributed by atoms with E-state index in [0.29, 0.717) is 34.1 Å². The predicted molar refractivity (Wildman–Crippen MR) is 144 cm³/mol. The van der Waals surface area contributed by atoms with Crippen LogP contribution < -0.4 is 9.47 Å². The number of rotatable bonds is 13. The van der Waals surface area contributed by atoms with E-state index in [0.717, 1.165) is 16.7 Å². The molecule has 3 aromatic rings. The number of carbonyl (C=O) groups excluding carboxylic acids is 1. The number of benzene rings is 3. The van der Waals surface area contributed by atoms with Gasteiger partial charge in [0, 0.05) is 43.1 Å². The molecule has 8 nitrogen and oxygen atoms in total. The van der Waals surface area contributed by atoms with E-state index in [1.54, 1.807) is 50.5 Å². The molecule has 3 rings (SSSR count). The standard InChI is InChI=1S/C29H30ClNO7/c1-31(2)29(36)22-14-21(19-6-3-8-23(30)15-19)16-24(17-22)38-18-20-7-4-9-26(25(20)11-12-28(34)35)37-13-5-10-27(32)33/h3-4,6-9,14-17H,5,10-13,18H2,1-2H3,(H,32,33)(H,34,35). The quantitative estimate of drug-likeness (QED) is 0.274. The van der Waals surface area contributed by atoms with Crippen LogP contribution in [0.4, 0.5) is 0 Å². The van der Waals surface area contributed by atoms with E-state index in [-0.39, 0.29) is 38.4 Å². The number of hydrogen-bond acceptors (Lipinski definition) is 5. The van der Waals surface area contributed by atoms with Gasteiger partial charge in [-0.2, -0.15) is 0 Å². The number of aliphatic carboxylic acids is 2. The molecule has 0 saturated heterocycles. The van der Waals surface area contributed by atoms with Crippen LogP contribution in [0.5, 0.6) is 11.5 Å². The van der Waals surface area contributed by atoms with Crippen LogP contribution in [0.2, 0.25) is 5.02 Å². The van der Waals surface area contributed by atoms with Crippen LogP contribution in [0.3, 0.4) is 0 Å². The van der Waals surface area contributed by atoms with E-state index < -0.39 is 11.9 Å². The van der Waals surface area contributed by atoms with Crippen molar-refractivity contribution in [3.63, 3.8) is 0 Å². The first-order valence-corrected chi connectivity index (χ1v) is 12.4. The van der Waals surface area contributed by atoms with Gasteiger partial charge in [-0.3, -0.25) is 14.4 Å². The summed E-state index contributed by atoms with van der Waals surface area (Å²) in [7, 11) is 3.34. The first-order chi connectivity index (χ1) is 18.1. The molecule has 0 aromatic heterocycles. The Morgan fingerprint density at radius 3 is 2.29 bits per heavy atom. The minimum absolute atomic E-state index is 0.0236. The summed E-state index contributed by atoms with van der Waals surface area (Å²) in [6.45, 7) is 0.296. The average Bonchev–Trinajstić information content (AvgIpc) is 2.88. The van der Waals surface area contributed by atoms with Crippen molar-refractivity contribution < 1.29 is 34.1 Å². The molecule has 1 amide bonds. The third-order valence-corrected chi connectivity index (χ3v) is 5.96. The minimum atomic E-state index is -0.946. The maximum Gasteiger partial charge on any atom is 0.303 e. The molecule has 0 heterocycles. The maximum absolute atomic E-state index is 12.8. The van der Waals surface area contributed by atoms with Crippen molar-refractivity contribution >= 4 is 29.4 Å². The maximum atomic E-state index is 12.8. The molecular formula is C29H30ClNO7. The third-order valence-electron chi connectivity index (χ3n) is 5.72. The van der Waals surface area contributed by atoms with Gasteiger partial charge in [0.25, 0.3) is 5.91 Å². The Hall–Kier alpha value is -4.04. The molecule has 38 heavy (non-hydrogen) atoms. The molecule has 0 aliphatic carbocycles. The molecule has 0 aliphatic rings. The van der Waals surface area contributed by atoms with Gasteiger partial charge >= 0.3 is 11.9 Å². The lowest BCUT2D eigenvalue weighted by Gasteiger charge is -2.17. The highest BCUT2D eigenvalue weighted by molar-refractivity contribution is 6.30. The van der Waals surface area contributed by atoms with E-state index in [4.69, 9.17) is 26.2 Å². The molecule has 0 radical (unpaired) electrons. The molecule has 0 bridgehead atoms. The smallest absolute Gasteiger partial charge is 0.303 e. The lowest BCUT2D eigenvalue weighted by molar-refractivity contribution is -0.138. The van der Waals surface area contributed by atoms with Gasteiger partial charge in [0.05, 0.1) is 6.61 Å². The largest absolute Gasteiger partial charge is 0.493 e. The Balaban J connectivity index is 1.90. The van der Waals surface area contributed by atoms with Gasteiger partial charge in [0.1, 0.15) is 18.1 Å². The van der Waals surface area contributed by atoms with E-state index >= 15 is 0 Å². The summed E-state index contributed by atoms with van der Waals surface area (Å²) in [5, 5.41) is 18.7. The van der Waals surface area contributed by atoms with Crippen LogP contribution in [-0.4, -0.2) is 53.7 Å². The van der Waals surface area contributed by atoms with Crippen LogP contribution in [0.25, 0.3) is 11.1 Å². The van der Waals surface area contributed by atoms with Gasteiger partial charge < -0.3 is 24.6 Å². The second-order valence-electron chi connectivity index (χ2n) is 8.88. The summed E-state index contributed by atoms with van der Waals surface area (Å²) < 4.78 is 11.9. The third kappa shape index (κ3) is 8.24. The molecule has 0 atom stereocenters. The van der Waals surface area contributed by atoms with Gasteiger partial charge in [-0.15, -0.1) is 0 Å². The number of carboxylic acid groups (broad SMARTS) is 2. The van der Waals surface area contributed by atoms with Crippen molar-refractivity contribution in [1.82, 2.24) is 4.90 Å². The predicted octanol–water partition coefficient (Wildman–Crippen LogP) is 5.55. The van der Waals surface area contributed by atoms with Crippen LogP contribution >= 0.6 is 11.6 Å². The Bertz CT molecular complexity index is 1310. The fraction of sp³-hybridized carbons (Fsp3) is 0.276. The Kier molecular flexibility index (Phi) is 10.1. The van der Waals surface area contributed by atoms with E-state index in [1.165, 1.54) is 4.90 Å². The number of halogens is 1. The van der Waals surface area contributed by atoms with Crippen LogP contribution in [-0.2, 0) is 22.6 Å². The van der Waals surface area contributed by atoms with Gasteiger partial charge in [-0.05, 0) is 65.9 Å². The average molecular weight is 540 g/mol. The summed E-state index contributed by atoms with van der Waals surface area (Å²) >= 11 is 6.18. The van der Waals surface area contributed by atoms with Gasteiger partial charge in [0.2, 0.25) is 0 Å². The second kappa shape index (κ2) is 13.5. The number of nitrogens with zero attached hydrogens (tertiary/aromatic N) is 1. The summed E-state index contributed by atoms with van der Waals surface area (Å²) in [6, 6.07) is 17.9. The van der Waals surface area contributed by atoms with Crippen molar-refractivity contribution in [1.29, 1.82) is 0 Å². The van der Waals surface area contributed by atoms with Crippen molar-refractivity contribution in [2.75, 3.05) is 20.7 Å². The van der Waals surface area contributed by atoms with Gasteiger partial charge in [-0.25, -0.2) is 0 Å². The van der Waals surface area contributed by atoms with Crippen molar-refractivity contribution in [2.24, 2.45) is 0 Å². The lowest BCUT2D eigenvalue weighted by Crippen LogP contribution is -2.21. The normalized spacial score (nSPS) is 10.6. The molecule has 0 aliphatic heterocycles. The summed E-state index contributed by atoms with van der Waals surface area (Å²) in [5.41, 5.74) is 3.45. The lowest BCUT2D eigenvalue weighted by atomic mass is 10.0. The highest BCUT2D eigenvalue weighted by atomic mass is 35.5. The number of carbonyl (C=O) groups is 3. The monoisotopic (exact) mass is 539 g/mol. The topological polar surface area (TPSA) is 113 Å². The Morgan fingerprint density at radius 2 is 1.61 bits per heavy atom. The molecule has 3 aromatic carbocycles.